The minimum Gasteiger partial charge on any atom is -0.465 e. The minimum atomic E-state index is -1.33. The maximum Gasteiger partial charge on any atom is 0.402 e. The summed E-state index contributed by atoms with van der Waals surface area (Å²) in [6.45, 7) is 6.79. The van der Waals surface area contributed by atoms with E-state index < -0.39 is 6.09 Å². The lowest BCUT2D eigenvalue weighted by molar-refractivity contribution is -0.0516. The smallest absolute Gasteiger partial charge is 0.402 e. The SMILES string of the molecule is C=Cc1ccccc1.CCC1CCO1.NC(=O)O. The average molecular weight is 251 g/mol. The fourth-order valence-electron chi connectivity index (χ4n) is 1.20. The number of amides is 1. The summed E-state index contributed by atoms with van der Waals surface area (Å²) < 4.78 is 5.08. The molecule has 4 heteroatoms. The highest BCUT2D eigenvalue weighted by atomic mass is 16.5. The van der Waals surface area contributed by atoms with Crippen LogP contribution >= 0.6 is 0 Å². The maximum atomic E-state index is 8.78. The third kappa shape index (κ3) is 9.42. The summed E-state index contributed by atoms with van der Waals surface area (Å²) >= 11 is 0. The molecule has 1 aliphatic heterocycles. The Labute approximate surface area is 108 Å². The van der Waals surface area contributed by atoms with Gasteiger partial charge in [0.15, 0.2) is 0 Å². The van der Waals surface area contributed by atoms with Crippen LogP contribution in [0.25, 0.3) is 6.08 Å². The van der Waals surface area contributed by atoms with Crippen molar-refractivity contribution in [3.63, 3.8) is 0 Å². The number of nitrogens with two attached hydrogens (primary N) is 1. The predicted octanol–water partition coefficient (Wildman–Crippen LogP) is 3.14. The second kappa shape index (κ2) is 10.4. The largest absolute Gasteiger partial charge is 0.465 e. The van der Waals surface area contributed by atoms with Crippen LogP contribution in [0, 0.1) is 0 Å². The average Bonchev–Trinajstić information content (AvgIpc) is 2.29. The number of carboxylic acid groups (broad SMARTS) is 1. The van der Waals surface area contributed by atoms with Gasteiger partial charge in [-0.1, -0.05) is 49.9 Å². The second-order valence-corrected chi connectivity index (χ2v) is 3.64. The van der Waals surface area contributed by atoms with Crippen LogP contribution in [0.2, 0.25) is 0 Å². The molecule has 0 bridgehead atoms. The summed E-state index contributed by atoms with van der Waals surface area (Å²) in [5, 5.41) is 7.19. The van der Waals surface area contributed by atoms with Crippen molar-refractivity contribution in [2.45, 2.75) is 25.9 Å². The molecular formula is C14H21NO3. The first kappa shape index (κ1) is 16.2. The standard InChI is InChI=1S/C8H8.C5H10O.CH3NO2/c1-2-8-6-4-3-5-7-8;1-2-5-3-4-6-5;2-1(3)4/h2-7H,1H2;5H,2-4H2,1H3;2H2,(H,3,4). The first-order chi connectivity index (χ1) is 8.60. The third-order valence-electron chi connectivity index (χ3n) is 2.28. The molecule has 1 saturated heterocycles. The van der Waals surface area contributed by atoms with Crippen LogP contribution in [0.4, 0.5) is 4.79 Å². The van der Waals surface area contributed by atoms with Gasteiger partial charge >= 0.3 is 6.09 Å². The Morgan fingerprint density at radius 2 is 2.06 bits per heavy atom. The molecule has 1 heterocycles. The fraction of sp³-hybridized carbons (Fsp3) is 0.357. The molecule has 0 aromatic heterocycles. The van der Waals surface area contributed by atoms with Gasteiger partial charge in [-0.3, -0.25) is 0 Å². The van der Waals surface area contributed by atoms with E-state index in [9.17, 15) is 0 Å². The number of ether oxygens (including phenoxy) is 1. The van der Waals surface area contributed by atoms with Crippen molar-refractivity contribution in [1.29, 1.82) is 0 Å². The molecule has 1 amide bonds. The highest BCUT2D eigenvalue weighted by Crippen LogP contribution is 2.12. The molecule has 1 unspecified atom stereocenters. The van der Waals surface area contributed by atoms with Crippen molar-refractivity contribution >= 4 is 12.2 Å². The Balaban J connectivity index is 0.000000257. The zero-order valence-corrected chi connectivity index (χ0v) is 10.7. The molecule has 100 valence electrons. The first-order valence-electron chi connectivity index (χ1n) is 5.87. The van der Waals surface area contributed by atoms with Crippen LogP contribution in [0.3, 0.4) is 0 Å². The molecule has 2 rings (SSSR count). The van der Waals surface area contributed by atoms with Crippen molar-refractivity contribution < 1.29 is 14.6 Å². The van der Waals surface area contributed by atoms with E-state index in [4.69, 9.17) is 14.6 Å². The third-order valence-corrected chi connectivity index (χ3v) is 2.28. The lowest BCUT2D eigenvalue weighted by Crippen LogP contribution is -2.25. The molecule has 1 aromatic rings. The van der Waals surface area contributed by atoms with Gasteiger partial charge in [-0.05, 0) is 18.4 Å². The molecule has 0 saturated carbocycles. The topological polar surface area (TPSA) is 72.5 Å². The molecule has 4 nitrogen and oxygen atoms in total. The Bertz CT molecular complexity index is 327. The summed E-state index contributed by atoms with van der Waals surface area (Å²) in [7, 11) is 0. The first-order valence-corrected chi connectivity index (χ1v) is 5.87. The number of carbonyl (C=O) groups is 1. The number of hydrogen-bond donors (Lipinski definition) is 2. The Morgan fingerprint density at radius 1 is 1.56 bits per heavy atom. The van der Waals surface area contributed by atoms with E-state index >= 15 is 0 Å². The van der Waals surface area contributed by atoms with Gasteiger partial charge in [-0.2, -0.15) is 0 Å². The van der Waals surface area contributed by atoms with E-state index in [1.54, 1.807) is 0 Å². The quantitative estimate of drug-likeness (QED) is 0.848. The summed E-state index contributed by atoms with van der Waals surface area (Å²) in [6.07, 6.45) is 3.60. The van der Waals surface area contributed by atoms with Crippen molar-refractivity contribution in [2.24, 2.45) is 5.73 Å². The molecule has 3 N–H and O–H groups in total. The van der Waals surface area contributed by atoms with Crippen LogP contribution in [-0.4, -0.2) is 23.9 Å². The number of rotatable bonds is 2. The molecule has 1 atom stereocenters. The molecule has 1 aromatic carbocycles. The van der Waals surface area contributed by atoms with Gasteiger partial charge < -0.3 is 15.6 Å². The van der Waals surface area contributed by atoms with E-state index in [0.717, 1.165) is 6.61 Å². The summed E-state index contributed by atoms with van der Waals surface area (Å²) in [5.41, 5.74) is 5.20. The summed E-state index contributed by atoms with van der Waals surface area (Å²) in [6, 6.07) is 10.0. The lowest BCUT2D eigenvalue weighted by atomic mass is 10.1. The van der Waals surface area contributed by atoms with Gasteiger partial charge in [0.05, 0.1) is 6.10 Å². The Hall–Kier alpha value is -1.81. The van der Waals surface area contributed by atoms with E-state index in [0.29, 0.717) is 6.10 Å². The number of hydrogen-bond acceptors (Lipinski definition) is 2. The van der Waals surface area contributed by atoms with Gasteiger partial charge in [-0.15, -0.1) is 0 Å². The number of benzene rings is 1. The van der Waals surface area contributed by atoms with Gasteiger partial charge in [0, 0.05) is 6.61 Å². The normalized spacial score (nSPS) is 15.9. The number of primary amides is 1. The molecule has 18 heavy (non-hydrogen) atoms. The summed E-state index contributed by atoms with van der Waals surface area (Å²) in [4.78, 5) is 8.78. The van der Waals surface area contributed by atoms with Crippen molar-refractivity contribution in [3.8, 4) is 0 Å². The molecule has 0 radical (unpaired) electrons. The molecule has 0 aliphatic carbocycles. The van der Waals surface area contributed by atoms with E-state index in [2.05, 4.69) is 19.2 Å². The van der Waals surface area contributed by atoms with E-state index in [1.165, 1.54) is 18.4 Å². The maximum absolute atomic E-state index is 8.78. The van der Waals surface area contributed by atoms with E-state index in [-0.39, 0.29) is 0 Å². The van der Waals surface area contributed by atoms with Crippen LogP contribution in [0.5, 0.6) is 0 Å². The Kier molecular flexibility index (Phi) is 9.31. The monoisotopic (exact) mass is 251 g/mol. The lowest BCUT2D eigenvalue weighted by Gasteiger charge is -2.24. The van der Waals surface area contributed by atoms with E-state index in [1.807, 2.05) is 36.4 Å². The Morgan fingerprint density at radius 3 is 2.22 bits per heavy atom. The van der Waals surface area contributed by atoms with Crippen molar-refractivity contribution in [1.82, 2.24) is 0 Å². The second-order valence-electron chi connectivity index (χ2n) is 3.64. The van der Waals surface area contributed by atoms with Crippen molar-refractivity contribution in [3.05, 3.63) is 42.5 Å². The van der Waals surface area contributed by atoms with Crippen LogP contribution in [-0.2, 0) is 4.74 Å². The zero-order chi connectivity index (χ0) is 13.8. The van der Waals surface area contributed by atoms with Gasteiger partial charge in [0.2, 0.25) is 0 Å². The highest BCUT2D eigenvalue weighted by molar-refractivity contribution is 5.61. The highest BCUT2D eigenvalue weighted by Gasteiger charge is 2.13. The van der Waals surface area contributed by atoms with Crippen LogP contribution in [0.1, 0.15) is 25.3 Å². The van der Waals surface area contributed by atoms with Gasteiger partial charge in [0.1, 0.15) is 0 Å². The minimum absolute atomic E-state index is 0.616. The van der Waals surface area contributed by atoms with Crippen LogP contribution < -0.4 is 5.73 Å². The predicted molar refractivity (Wildman–Crippen MR) is 73.4 cm³/mol. The zero-order valence-electron chi connectivity index (χ0n) is 10.7. The van der Waals surface area contributed by atoms with Crippen molar-refractivity contribution in [2.75, 3.05) is 6.61 Å². The molecule has 1 fully saturated rings. The van der Waals surface area contributed by atoms with Crippen LogP contribution in [0.15, 0.2) is 36.9 Å². The molecule has 1 aliphatic rings. The fourth-order valence-corrected chi connectivity index (χ4v) is 1.20. The molecule has 0 spiro atoms. The molecular weight excluding hydrogens is 230 g/mol. The van der Waals surface area contributed by atoms with Gasteiger partial charge in [-0.25, -0.2) is 4.79 Å². The van der Waals surface area contributed by atoms with Gasteiger partial charge in [0.25, 0.3) is 0 Å². The summed E-state index contributed by atoms with van der Waals surface area (Å²) in [5.74, 6) is 0.